The van der Waals surface area contributed by atoms with E-state index in [0.717, 1.165) is 6.42 Å². The van der Waals surface area contributed by atoms with Crippen LogP contribution in [0.3, 0.4) is 0 Å². The predicted octanol–water partition coefficient (Wildman–Crippen LogP) is 1.99. The van der Waals surface area contributed by atoms with Gasteiger partial charge in [-0.25, -0.2) is 14.6 Å². The first-order valence-electron chi connectivity index (χ1n) is 4.50. The lowest BCUT2D eigenvalue weighted by Gasteiger charge is -2.23. The molecule has 0 saturated carbocycles. The molecule has 0 saturated heterocycles. The molecule has 0 aliphatic rings. The highest BCUT2D eigenvalue weighted by Gasteiger charge is 2.23. The Bertz CT molecular complexity index is 165. The first-order valence-corrected chi connectivity index (χ1v) is 4.50. The van der Waals surface area contributed by atoms with Crippen LogP contribution >= 0.6 is 0 Å². The summed E-state index contributed by atoms with van der Waals surface area (Å²) in [5.41, 5.74) is -0.428. The summed E-state index contributed by atoms with van der Waals surface area (Å²) in [6.07, 6.45) is 0.295. The Morgan fingerprint density at radius 3 is 2.31 bits per heavy atom. The summed E-state index contributed by atoms with van der Waals surface area (Å²) >= 11 is 0. The van der Waals surface area contributed by atoms with Crippen molar-refractivity contribution in [3.05, 3.63) is 0 Å². The molecular formula is C9H18O4. The van der Waals surface area contributed by atoms with Crippen LogP contribution in [0.4, 0.5) is 0 Å². The smallest absolute Gasteiger partial charge is 0.336 e. The normalized spacial score (nSPS) is 14.2. The maximum absolute atomic E-state index is 10.5. The SMILES string of the molecule is CCC(OOC(C)(C)CC)C(=O)O. The van der Waals surface area contributed by atoms with Crippen molar-refractivity contribution in [2.75, 3.05) is 0 Å². The molecule has 0 fully saturated rings. The zero-order valence-electron chi connectivity index (χ0n) is 8.66. The first kappa shape index (κ1) is 12.4. The van der Waals surface area contributed by atoms with Gasteiger partial charge in [0.15, 0.2) is 6.10 Å². The van der Waals surface area contributed by atoms with Crippen LogP contribution in [-0.2, 0) is 14.6 Å². The van der Waals surface area contributed by atoms with Gasteiger partial charge in [0.1, 0.15) is 0 Å². The van der Waals surface area contributed by atoms with Crippen molar-refractivity contribution in [1.82, 2.24) is 0 Å². The fraction of sp³-hybridized carbons (Fsp3) is 0.889. The maximum atomic E-state index is 10.5. The second-order valence-electron chi connectivity index (χ2n) is 3.53. The van der Waals surface area contributed by atoms with Crippen LogP contribution in [0, 0.1) is 0 Å². The minimum absolute atomic E-state index is 0.398. The number of hydrogen-bond acceptors (Lipinski definition) is 3. The minimum Gasteiger partial charge on any atom is -0.479 e. The van der Waals surface area contributed by atoms with Crippen molar-refractivity contribution in [2.45, 2.75) is 52.2 Å². The average molecular weight is 190 g/mol. The Morgan fingerprint density at radius 2 is 2.00 bits per heavy atom. The first-order chi connectivity index (χ1) is 5.93. The van der Waals surface area contributed by atoms with Gasteiger partial charge in [-0.1, -0.05) is 13.8 Å². The molecule has 4 heteroatoms. The Balaban J connectivity index is 3.92. The van der Waals surface area contributed by atoms with Crippen molar-refractivity contribution < 1.29 is 19.7 Å². The summed E-state index contributed by atoms with van der Waals surface area (Å²) in [4.78, 5) is 20.4. The van der Waals surface area contributed by atoms with Crippen LogP contribution in [0.5, 0.6) is 0 Å². The molecule has 1 atom stereocenters. The molecule has 0 bridgehead atoms. The molecule has 0 aromatic carbocycles. The molecule has 13 heavy (non-hydrogen) atoms. The molecule has 0 rings (SSSR count). The molecular weight excluding hydrogens is 172 g/mol. The van der Waals surface area contributed by atoms with Crippen molar-refractivity contribution in [1.29, 1.82) is 0 Å². The van der Waals surface area contributed by atoms with E-state index in [-0.39, 0.29) is 0 Å². The van der Waals surface area contributed by atoms with Gasteiger partial charge in [-0.3, -0.25) is 0 Å². The number of carbonyl (C=O) groups is 1. The fourth-order valence-electron chi connectivity index (χ4n) is 0.531. The zero-order chi connectivity index (χ0) is 10.5. The fourth-order valence-corrected chi connectivity index (χ4v) is 0.531. The highest BCUT2D eigenvalue weighted by Crippen LogP contribution is 2.15. The molecule has 0 heterocycles. The molecule has 4 nitrogen and oxygen atoms in total. The van der Waals surface area contributed by atoms with Gasteiger partial charge in [0.2, 0.25) is 0 Å². The van der Waals surface area contributed by atoms with Gasteiger partial charge in [-0.05, 0) is 26.7 Å². The lowest BCUT2D eigenvalue weighted by Crippen LogP contribution is -2.30. The van der Waals surface area contributed by atoms with Gasteiger partial charge >= 0.3 is 5.97 Å². The summed E-state index contributed by atoms with van der Waals surface area (Å²) in [6.45, 7) is 7.38. The van der Waals surface area contributed by atoms with Crippen molar-refractivity contribution in [3.63, 3.8) is 0 Å². The molecule has 0 amide bonds. The number of hydrogen-bond donors (Lipinski definition) is 1. The van der Waals surface area contributed by atoms with Crippen LogP contribution in [0.1, 0.15) is 40.5 Å². The third-order valence-electron chi connectivity index (χ3n) is 1.89. The van der Waals surface area contributed by atoms with E-state index in [1.807, 2.05) is 20.8 Å². The summed E-state index contributed by atoms with van der Waals surface area (Å²) in [5.74, 6) is -0.991. The van der Waals surface area contributed by atoms with Gasteiger partial charge in [-0.15, -0.1) is 0 Å². The quantitative estimate of drug-likeness (QED) is 0.514. The van der Waals surface area contributed by atoms with Crippen LogP contribution in [0.2, 0.25) is 0 Å². The van der Waals surface area contributed by atoms with Gasteiger partial charge in [0.05, 0.1) is 5.60 Å². The van der Waals surface area contributed by atoms with Crippen molar-refractivity contribution >= 4 is 5.97 Å². The third-order valence-corrected chi connectivity index (χ3v) is 1.89. The van der Waals surface area contributed by atoms with Gasteiger partial charge < -0.3 is 5.11 Å². The minimum atomic E-state index is -0.991. The van der Waals surface area contributed by atoms with E-state index < -0.39 is 17.7 Å². The number of rotatable bonds is 6. The molecule has 78 valence electrons. The van der Waals surface area contributed by atoms with Crippen LogP contribution in [0.15, 0.2) is 0 Å². The van der Waals surface area contributed by atoms with Crippen LogP contribution in [-0.4, -0.2) is 22.8 Å². The van der Waals surface area contributed by atoms with Gasteiger partial charge in [0.25, 0.3) is 0 Å². The molecule has 1 unspecified atom stereocenters. The van der Waals surface area contributed by atoms with E-state index in [1.54, 1.807) is 6.92 Å². The highest BCUT2D eigenvalue weighted by molar-refractivity contribution is 5.71. The topological polar surface area (TPSA) is 55.8 Å². The Labute approximate surface area is 78.8 Å². The Hall–Kier alpha value is -0.610. The van der Waals surface area contributed by atoms with Gasteiger partial charge in [-0.2, -0.15) is 0 Å². The Morgan fingerprint density at radius 1 is 1.46 bits per heavy atom. The standard InChI is InChI=1S/C9H18O4/c1-5-7(8(10)11)12-13-9(3,4)6-2/h7H,5-6H2,1-4H3,(H,10,11). The molecule has 0 aromatic rings. The van der Waals surface area contributed by atoms with E-state index >= 15 is 0 Å². The second kappa shape index (κ2) is 5.19. The van der Waals surface area contributed by atoms with Gasteiger partial charge in [0, 0.05) is 0 Å². The predicted molar refractivity (Wildman–Crippen MR) is 48.3 cm³/mol. The largest absolute Gasteiger partial charge is 0.479 e. The van der Waals surface area contributed by atoms with E-state index in [1.165, 1.54) is 0 Å². The number of carboxylic acids is 1. The number of aliphatic carboxylic acids is 1. The van der Waals surface area contributed by atoms with E-state index in [2.05, 4.69) is 0 Å². The van der Waals surface area contributed by atoms with E-state index in [4.69, 9.17) is 14.9 Å². The second-order valence-corrected chi connectivity index (χ2v) is 3.53. The maximum Gasteiger partial charge on any atom is 0.336 e. The van der Waals surface area contributed by atoms with Crippen LogP contribution in [0.25, 0.3) is 0 Å². The molecule has 0 aliphatic heterocycles. The summed E-state index contributed by atoms with van der Waals surface area (Å²) < 4.78 is 0. The summed E-state index contributed by atoms with van der Waals surface area (Å²) in [6, 6.07) is 0. The molecule has 0 spiro atoms. The number of carboxylic acid groups (broad SMARTS) is 1. The average Bonchev–Trinajstić information content (AvgIpc) is 2.05. The van der Waals surface area contributed by atoms with Crippen LogP contribution < -0.4 is 0 Å². The van der Waals surface area contributed by atoms with E-state index in [0.29, 0.717) is 6.42 Å². The third kappa shape index (κ3) is 4.85. The molecule has 0 radical (unpaired) electrons. The van der Waals surface area contributed by atoms with Crippen molar-refractivity contribution in [3.8, 4) is 0 Å². The molecule has 0 aliphatic carbocycles. The summed E-state index contributed by atoms with van der Waals surface area (Å²) in [7, 11) is 0. The molecule has 0 aromatic heterocycles. The Kier molecular flexibility index (Phi) is 4.95. The monoisotopic (exact) mass is 190 g/mol. The lowest BCUT2D eigenvalue weighted by molar-refractivity contribution is -0.372. The van der Waals surface area contributed by atoms with Crippen molar-refractivity contribution in [2.24, 2.45) is 0 Å². The van der Waals surface area contributed by atoms with E-state index in [9.17, 15) is 4.79 Å². The highest BCUT2D eigenvalue weighted by atomic mass is 17.2. The molecule has 1 N–H and O–H groups in total. The summed E-state index contributed by atoms with van der Waals surface area (Å²) in [5, 5.41) is 8.64. The lowest BCUT2D eigenvalue weighted by atomic mass is 10.1. The zero-order valence-corrected chi connectivity index (χ0v) is 8.66.